The lowest BCUT2D eigenvalue weighted by Gasteiger charge is -2.38. The zero-order valence-electron chi connectivity index (χ0n) is 12.5. The Kier molecular flexibility index (Phi) is 4.06. The summed E-state index contributed by atoms with van der Waals surface area (Å²) in [4.78, 5) is 25.7. The molecule has 2 N–H and O–H groups in total. The summed E-state index contributed by atoms with van der Waals surface area (Å²) in [5.74, 6) is -0.0612. The van der Waals surface area contributed by atoms with Crippen molar-refractivity contribution < 1.29 is 19.4 Å². The van der Waals surface area contributed by atoms with E-state index in [1.807, 2.05) is 6.92 Å². The highest BCUT2D eigenvalue weighted by atomic mass is 16.5. The number of hydrogen-bond acceptors (Lipinski definition) is 4. The van der Waals surface area contributed by atoms with E-state index in [1.54, 1.807) is 19.9 Å². The van der Waals surface area contributed by atoms with Gasteiger partial charge in [-0.15, -0.1) is 0 Å². The Balaban J connectivity index is 2.31. The fourth-order valence-corrected chi connectivity index (χ4v) is 2.18. The maximum Gasteiger partial charge on any atom is 0.271 e. The molecule has 1 aliphatic rings. The minimum absolute atomic E-state index is 0.0174. The summed E-state index contributed by atoms with van der Waals surface area (Å²) in [6.07, 6.45) is 0.825. The van der Waals surface area contributed by atoms with E-state index in [0.29, 0.717) is 18.0 Å². The number of nitrogens with zero attached hydrogens (tertiary/aromatic N) is 1. The summed E-state index contributed by atoms with van der Waals surface area (Å²) in [5, 5.41) is 12.3. The van der Waals surface area contributed by atoms with Crippen LogP contribution in [0.2, 0.25) is 0 Å². The largest absolute Gasteiger partial charge is 0.508 e. The zero-order valence-corrected chi connectivity index (χ0v) is 12.5. The number of rotatable bonds is 4. The first-order chi connectivity index (χ1) is 9.85. The van der Waals surface area contributed by atoms with Crippen molar-refractivity contribution in [2.75, 3.05) is 18.0 Å². The number of aromatic hydroxyl groups is 1. The highest BCUT2D eigenvalue weighted by Gasteiger charge is 2.41. The number of hydrogen-bond donors (Lipinski definition) is 2. The second kappa shape index (κ2) is 5.63. The van der Waals surface area contributed by atoms with Crippen LogP contribution in [-0.2, 0) is 9.59 Å². The molecule has 0 aromatic heterocycles. The smallest absolute Gasteiger partial charge is 0.271 e. The third kappa shape index (κ3) is 3.09. The number of phenols is 1. The standard InChI is InChI=1S/C15H20N2O4/c1-4-7-16-13(19)9-17-11-8-10(18)5-6-12(11)21-15(2,3)14(17)20/h5-6,8,18H,4,7,9H2,1-3H3,(H,16,19). The van der Waals surface area contributed by atoms with E-state index in [-0.39, 0.29) is 24.1 Å². The number of nitrogens with one attached hydrogen (secondary N) is 1. The van der Waals surface area contributed by atoms with E-state index in [4.69, 9.17) is 4.74 Å². The van der Waals surface area contributed by atoms with Crippen molar-refractivity contribution in [2.24, 2.45) is 0 Å². The maximum atomic E-state index is 12.5. The lowest BCUT2D eigenvalue weighted by Crippen LogP contribution is -2.55. The topological polar surface area (TPSA) is 78.9 Å². The van der Waals surface area contributed by atoms with Gasteiger partial charge >= 0.3 is 0 Å². The van der Waals surface area contributed by atoms with Crippen molar-refractivity contribution in [1.29, 1.82) is 0 Å². The fraction of sp³-hybridized carbons (Fsp3) is 0.467. The molecule has 6 heteroatoms. The van der Waals surface area contributed by atoms with Gasteiger partial charge in [0, 0.05) is 12.6 Å². The predicted molar refractivity (Wildman–Crippen MR) is 78.5 cm³/mol. The molecule has 0 saturated carbocycles. The van der Waals surface area contributed by atoms with Crippen molar-refractivity contribution >= 4 is 17.5 Å². The molecule has 1 heterocycles. The molecule has 0 radical (unpaired) electrons. The monoisotopic (exact) mass is 292 g/mol. The Labute approximate surface area is 123 Å². The molecule has 2 amide bonds. The second-order valence-corrected chi connectivity index (χ2v) is 5.51. The van der Waals surface area contributed by atoms with Crippen LogP contribution in [0.4, 0.5) is 5.69 Å². The molecular formula is C15H20N2O4. The Morgan fingerprint density at radius 1 is 1.43 bits per heavy atom. The molecule has 21 heavy (non-hydrogen) atoms. The quantitative estimate of drug-likeness (QED) is 0.879. The van der Waals surface area contributed by atoms with Gasteiger partial charge in [0.05, 0.1) is 5.69 Å². The summed E-state index contributed by atoms with van der Waals surface area (Å²) >= 11 is 0. The number of fused-ring (bicyclic) bond motifs is 1. The first-order valence-electron chi connectivity index (χ1n) is 6.96. The first-order valence-corrected chi connectivity index (χ1v) is 6.96. The Hall–Kier alpha value is -2.24. The van der Waals surface area contributed by atoms with Gasteiger partial charge in [0.25, 0.3) is 5.91 Å². The minimum Gasteiger partial charge on any atom is -0.508 e. The number of anilines is 1. The highest BCUT2D eigenvalue weighted by molar-refractivity contribution is 6.05. The van der Waals surface area contributed by atoms with Crippen LogP contribution >= 0.6 is 0 Å². The van der Waals surface area contributed by atoms with Gasteiger partial charge in [-0.05, 0) is 32.4 Å². The van der Waals surface area contributed by atoms with Gasteiger partial charge in [0.2, 0.25) is 5.91 Å². The molecule has 114 valence electrons. The van der Waals surface area contributed by atoms with E-state index in [9.17, 15) is 14.7 Å². The number of carbonyl (C=O) groups excluding carboxylic acids is 2. The third-order valence-electron chi connectivity index (χ3n) is 3.23. The van der Waals surface area contributed by atoms with Crippen LogP contribution in [0.25, 0.3) is 0 Å². The zero-order chi connectivity index (χ0) is 15.6. The number of carbonyl (C=O) groups is 2. The van der Waals surface area contributed by atoms with Crippen molar-refractivity contribution in [3.8, 4) is 11.5 Å². The molecule has 1 aromatic rings. The van der Waals surface area contributed by atoms with Crippen LogP contribution in [0.15, 0.2) is 18.2 Å². The summed E-state index contributed by atoms with van der Waals surface area (Å²) in [7, 11) is 0. The van der Waals surface area contributed by atoms with Crippen LogP contribution < -0.4 is 15.0 Å². The van der Waals surface area contributed by atoms with Crippen molar-refractivity contribution in [3.63, 3.8) is 0 Å². The maximum absolute atomic E-state index is 12.5. The van der Waals surface area contributed by atoms with E-state index in [2.05, 4.69) is 5.32 Å². The Bertz CT molecular complexity index is 569. The summed E-state index contributed by atoms with van der Waals surface area (Å²) < 4.78 is 5.65. The second-order valence-electron chi connectivity index (χ2n) is 5.51. The number of benzene rings is 1. The average Bonchev–Trinajstić information content (AvgIpc) is 2.42. The molecule has 0 aliphatic carbocycles. The van der Waals surface area contributed by atoms with Gasteiger partial charge in [0.15, 0.2) is 5.60 Å². The van der Waals surface area contributed by atoms with Gasteiger partial charge in [-0.3, -0.25) is 14.5 Å². The highest BCUT2D eigenvalue weighted by Crippen LogP contribution is 2.39. The molecule has 2 rings (SSSR count). The molecular weight excluding hydrogens is 272 g/mol. The third-order valence-corrected chi connectivity index (χ3v) is 3.23. The van der Waals surface area contributed by atoms with E-state index in [0.717, 1.165) is 6.42 Å². The van der Waals surface area contributed by atoms with Crippen molar-refractivity contribution in [3.05, 3.63) is 18.2 Å². The molecule has 6 nitrogen and oxygen atoms in total. The molecule has 0 bridgehead atoms. The summed E-state index contributed by atoms with van der Waals surface area (Å²) in [6.45, 7) is 5.73. The van der Waals surface area contributed by atoms with Crippen LogP contribution in [0.3, 0.4) is 0 Å². The van der Waals surface area contributed by atoms with Gasteiger partial charge in [-0.1, -0.05) is 6.92 Å². The summed E-state index contributed by atoms with van der Waals surface area (Å²) in [5.41, 5.74) is -0.638. The van der Waals surface area contributed by atoms with Gasteiger partial charge < -0.3 is 15.2 Å². The molecule has 0 atom stereocenters. The number of amides is 2. The van der Waals surface area contributed by atoms with Crippen LogP contribution in [0.5, 0.6) is 11.5 Å². The first kappa shape index (κ1) is 15.2. The average molecular weight is 292 g/mol. The van der Waals surface area contributed by atoms with Crippen LogP contribution in [0, 0.1) is 0 Å². The molecule has 0 unspecified atom stereocenters. The Morgan fingerprint density at radius 3 is 2.81 bits per heavy atom. The van der Waals surface area contributed by atoms with E-state index >= 15 is 0 Å². The van der Waals surface area contributed by atoms with E-state index in [1.165, 1.54) is 17.0 Å². The van der Waals surface area contributed by atoms with E-state index < -0.39 is 5.60 Å². The molecule has 1 aromatic carbocycles. The van der Waals surface area contributed by atoms with Gasteiger partial charge in [-0.25, -0.2) is 0 Å². The van der Waals surface area contributed by atoms with Gasteiger partial charge in [0.1, 0.15) is 18.0 Å². The lowest BCUT2D eigenvalue weighted by molar-refractivity contribution is -0.134. The predicted octanol–water partition coefficient (Wildman–Crippen LogP) is 1.42. The fourth-order valence-electron chi connectivity index (χ4n) is 2.18. The number of ether oxygens (including phenoxy) is 1. The normalized spacial score (nSPS) is 16.1. The molecule has 0 saturated heterocycles. The van der Waals surface area contributed by atoms with Gasteiger partial charge in [-0.2, -0.15) is 0 Å². The SMILES string of the molecule is CCCNC(=O)CN1C(=O)C(C)(C)Oc2ccc(O)cc21. The van der Waals surface area contributed by atoms with Crippen LogP contribution in [-0.4, -0.2) is 35.6 Å². The minimum atomic E-state index is -1.05. The lowest BCUT2D eigenvalue weighted by atomic mass is 10.0. The van der Waals surface area contributed by atoms with Crippen molar-refractivity contribution in [2.45, 2.75) is 32.8 Å². The summed E-state index contributed by atoms with van der Waals surface area (Å²) in [6, 6.07) is 4.51. The molecule has 1 aliphatic heterocycles. The van der Waals surface area contributed by atoms with Crippen molar-refractivity contribution in [1.82, 2.24) is 5.32 Å². The Morgan fingerprint density at radius 2 is 2.14 bits per heavy atom. The molecule has 0 spiro atoms. The number of phenolic OH excluding ortho intramolecular Hbond substituents is 1. The molecule has 0 fully saturated rings. The van der Waals surface area contributed by atoms with Crippen LogP contribution in [0.1, 0.15) is 27.2 Å².